The van der Waals surface area contributed by atoms with Gasteiger partial charge in [-0.3, -0.25) is 4.79 Å². The van der Waals surface area contributed by atoms with E-state index in [-0.39, 0.29) is 5.91 Å². The van der Waals surface area contributed by atoms with Gasteiger partial charge in [0.15, 0.2) is 5.82 Å². The first-order valence-electron chi connectivity index (χ1n) is 6.75. The molecule has 0 unspecified atom stereocenters. The fourth-order valence-corrected chi connectivity index (χ4v) is 3.15. The lowest BCUT2D eigenvalue weighted by Crippen LogP contribution is -2.58. The highest BCUT2D eigenvalue weighted by Crippen LogP contribution is 2.30. The number of ether oxygens (including phenoxy) is 1. The van der Waals surface area contributed by atoms with Crippen molar-refractivity contribution in [2.75, 3.05) is 18.5 Å². The number of nitrogen functional groups attached to an aromatic ring is 1. The number of pyridine rings is 1. The van der Waals surface area contributed by atoms with Crippen molar-refractivity contribution < 1.29 is 9.53 Å². The summed E-state index contributed by atoms with van der Waals surface area (Å²) < 4.78 is 6.73. The van der Waals surface area contributed by atoms with E-state index in [1.54, 1.807) is 17.2 Å². The molecule has 1 aliphatic heterocycles. The number of hydrazine groups is 1. The van der Waals surface area contributed by atoms with Gasteiger partial charge < -0.3 is 15.1 Å². The van der Waals surface area contributed by atoms with E-state index in [1.807, 2.05) is 27.7 Å². The van der Waals surface area contributed by atoms with Gasteiger partial charge in [0.25, 0.3) is 5.91 Å². The van der Waals surface area contributed by atoms with Crippen molar-refractivity contribution in [2.45, 2.75) is 38.9 Å². The number of hydrogen-bond donors (Lipinski definition) is 2. The first-order valence-corrected chi connectivity index (χ1v) is 7.54. The molecule has 7 heteroatoms. The Bertz CT molecular complexity index is 544. The van der Waals surface area contributed by atoms with E-state index in [0.717, 1.165) is 4.47 Å². The summed E-state index contributed by atoms with van der Waals surface area (Å²) in [6, 6.07) is 1.72. The molecule has 116 valence electrons. The molecule has 0 bridgehead atoms. The first-order chi connectivity index (χ1) is 9.63. The van der Waals surface area contributed by atoms with Crippen molar-refractivity contribution in [1.82, 2.24) is 9.88 Å². The zero-order chi connectivity index (χ0) is 15.8. The molecule has 1 amide bonds. The van der Waals surface area contributed by atoms with Gasteiger partial charge in [0.1, 0.15) is 0 Å². The summed E-state index contributed by atoms with van der Waals surface area (Å²) in [5.74, 6) is 5.71. The van der Waals surface area contributed by atoms with Gasteiger partial charge in [0.05, 0.1) is 16.8 Å². The minimum absolute atomic E-state index is 0.110. The van der Waals surface area contributed by atoms with Crippen LogP contribution >= 0.6 is 15.9 Å². The lowest BCUT2D eigenvalue weighted by atomic mass is 9.98. The van der Waals surface area contributed by atoms with Crippen LogP contribution in [0.5, 0.6) is 0 Å². The number of anilines is 1. The third-order valence-electron chi connectivity index (χ3n) is 3.20. The molecule has 0 saturated carbocycles. The average Bonchev–Trinajstić information content (AvgIpc) is 2.34. The molecular weight excluding hydrogens is 336 g/mol. The van der Waals surface area contributed by atoms with Crippen LogP contribution in [0.1, 0.15) is 38.1 Å². The quantitative estimate of drug-likeness (QED) is 0.626. The Labute approximate surface area is 133 Å². The minimum atomic E-state index is -0.396. The van der Waals surface area contributed by atoms with E-state index in [4.69, 9.17) is 10.6 Å². The lowest BCUT2D eigenvalue weighted by molar-refractivity contribution is -0.171. The summed E-state index contributed by atoms with van der Waals surface area (Å²) in [5, 5.41) is 0. The van der Waals surface area contributed by atoms with Gasteiger partial charge in [-0.05, 0) is 49.7 Å². The standard InChI is InChI=1S/C14H21BrN4O2/c1-13(2)7-19(8-14(3,4)21-13)12(20)10-5-9(15)6-17-11(10)18-16/h5-6H,7-8,16H2,1-4H3,(H,17,18). The third-order valence-corrected chi connectivity index (χ3v) is 3.64. The predicted molar refractivity (Wildman–Crippen MR) is 84.9 cm³/mol. The van der Waals surface area contributed by atoms with Crippen molar-refractivity contribution in [3.05, 3.63) is 22.3 Å². The highest BCUT2D eigenvalue weighted by Gasteiger charge is 2.40. The summed E-state index contributed by atoms with van der Waals surface area (Å²) in [6.45, 7) is 8.97. The number of nitrogens with one attached hydrogen (secondary N) is 1. The van der Waals surface area contributed by atoms with E-state index in [0.29, 0.717) is 24.5 Å². The molecule has 0 aliphatic carbocycles. The number of carbonyl (C=O) groups is 1. The van der Waals surface area contributed by atoms with Gasteiger partial charge in [-0.25, -0.2) is 10.8 Å². The van der Waals surface area contributed by atoms with Crippen molar-refractivity contribution in [3.63, 3.8) is 0 Å². The number of aromatic nitrogens is 1. The van der Waals surface area contributed by atoms with E-state index in [1.165, 1.54) is 0 Å². The Morgan fingerprint density at radius 2 is 1.95 bits per heavy atom. The monoisotopic (exact) mass is 356 g/mol. The van der Waals surface area contributed by atoms with E-state index in [2.05, 4.69) is 26.3 Å². The molecule has 1 aromatic rings. The Morgan fingerprint density at radius 3 is 2.48 bits per heavy atom. The van der Waals surface area contributed by atoms with Crippen LogP contribution in [0.4, 0.5) is 5.82 Å². The molecule has 3 N–H and O–H groups in total. The van der Waals surface area contributed by atoms with Gasteiger partial charge >= 0.3 is 0 Å². The maximum absolute atomic E-state index is 12.8. The number of hydrogen-bond acceptors (Lipinski definition) is 5. The number of halogens is 1. The predicted octanol–water partition coefficient (Wildman–Crippen LogP) is 2.16. The van der Waals surface area contributed by atoms with Crippen LogP contribution in [0.2, 0.25) is 0 Å². The maximum Gasteiger partial charge on any atom is 0.257 e. The van der Waals surface area contributed by atoms with Crippen LogP contribution in [0.25, 0.3) is 0 Å². The van der Waals surface area contributed by atoms with Crippen molar-refractivity contribution in [3.8, 4) is 0 Å². The molecular formula is C14H21BrN4O2. The second-order valence-corrected chi connectivity index (χ2v) is 7.39. The number of morpholine rings is 1. The summed E-state index contributed by atoms with van der Waals surface area (Å²) in [7, 11) is 0. The molecule has 0 radical (unpaired) electrons. The number of nitrogens with two attached hydrogens (primary N) is 1. The highest BCUT2D eigenvalue weighted by atomic mass is 79.9. The van der Waals surface area contributed by atoms with Gasteiger partial charge in [0, 0.05) is 23.8 Å². The molecule has 6 nitrogen and oxygen atoms in total. The summed E-state index contributed by atoms with van der Waals surface area (Å²) in [6.07, 6.45) is 1.60. The molecule has 0 spiro atoms. The molecule has 2 rings (SSSR count). The number of carbonyl (C=O) groups excluding carboxylic acids is 1. The molecule has 0 aromatic carbocycles. The molecule has 0 atom stereocenters. The molecule has 1 saturated heterocycles. The maximum atomic E-state index is 12.8. The number of nitrogens with zero attached hydrogens (tertiary/aromatic N) is 2. The van der Waals surface area contributed by atoms with Gasteiger partial charge in [0.2, 0.25) is 0 Å². The summed E-state index contributed by atoms with van der Waals surface area (Å²) >= 11 is 3.34. The fourth-order valence-electron chi connectivity index (χ4n) is 2.82. The average molecular weight is 357 g/mol. The van der Waals surface area contributed by atoms with Crippen molar-refractivity contribution in [2.24, 2.45) is 5.84 Å². The van der Waals surface area contributed by atoms with Crippen LogP contribution in [0.15, 0.2) is 16.7 Å². The third kappa shape index (κ3) is 3.72. The minimum Gasteiger partial charge on any atom is -0.366 e. The number of rotatable bonds is 2. The van der Waals surface area contributed by atoms with Gasteiger partial charge in [-0.1, -0.05) is 0 Å². The smallest absolute Gasteiger partial charge is 0.257 e. The normalized spacial score (nSPS) is 20.2. The van der Waals surface area contributed by atoms with E-state index in [9.17, 15) is 4.79 Å². The van der Waals surface area contributed by atoms with E-state index >= 15 is 0 Å². The molecule has 1 aromatic heterocycles. The Kier molecular flexibility index (Phi) is 4.28. The highest BCUT2D eigenvalue weighted by molar-refractivity contribution is 9.10. The topological polar surface area (TPSA) is 80.5 Å². The van der Waals surface area contributed by atoms with Crippen LogP contribution in [-0.4, -0.2) is 40.1 Å². The van der Waals surface area contributed by atoms with E-state index < -0.39 is 11.2 Å². The zero-order valence-corrected chi connectivity index (χ0v) is 14.3. The van der Waals surface area contributed by atoms with Crippen LogP contribution < -0.4 is 11.3 Å². The summed E-state index contributed by atoms with van der Waals surface area (Å²) in [5.41, 5.74) is 2.13. The first kappa shape index (κ1) is 16.2. The largest absolute Gasteiger partial charge is 0.366 e. The Morgan fingerprint density at radius 1 is 1.38 bits per heavy atom. The SMILES string of the molecule is CC1(C)CN(C(=O)c2cc(Br)cnc2NN)CC(C)(C)O1. The second kappa shape index (κ2) is 5.55. The van der Waals surface area contributed by atoms with Crippen molar-refractivity contribution >= 4 is 27.7 Å². The van der Waals surface area contributed by atoms with Gasteiger partial charge in [-0.15, -0.1) is 0 Å². The van der Waals surface area contributed by atoms with Gasteiger partial charge in [-0.2, -0.15) is 0 Å². The number of amides is 1. The Balaban J connectivity index is 2.33. The van der Waals surface area contributed by atoms with Crippen molar-refractivity contribution in [1.29, 1.82) is 0 Å². The van der Waals surface area contributed by atoms with Crippen LogP contribution in [0, 0.1) is 0 Å². The van der Waals surface area contributed by atoms with Crippen LogP contribution in [-0.2, 0) is 4.74 Å². The molecule has 21 heavy (non-hydrogen) atoms. The zero-order valence-electron chi connectivity index (χ0n) is 12.7. The summed E-state index contributed by atoms with van der Waals surface area (Å²) in [4.78, 5) is 18.7. The molecule has 2 heterocycles. The molecule has 1 fully saturated rings. The second-order valence-electron chi connectivity index (χ2n) is 6.48. The Hall–Kier alpha value is -1.18. The molecule has 1 aliphatic rings. The lowest BCUT2D eigenvalue weighted by Gasteiger charge is -2.47. The van der Waals surface area contributed by atoms with Crippen LogP contribution in [0.3, 0.4) is 0 Å². The fraction of sp³-hybridized carbons (Fsp3) is 0.571.